The summed E-state index contributed by atoms with van der Waals surface area (Å²) in [7, 11) is 0. The van der Waals surface area contributed by atoms with Crippen LogP contribution in [0.25, 0.3) is 0 Å². The molecule has 6 nitrogen and oxygen atoms in total. The van der Waals surface area contributed by atoms with E-state index in [1.54, 1.807) is 0 Å². The minimum atomic E-state index is -0.653. The van der Waals surface area contributed by atoms with Gasteiger partial charge >= 0.3 is 5.97 Å². The Morgan fingerprint density at radius 1 is 0.521 bits per heavy atom. The molecule has 0 fully saturated rings. The number of esters is 1. The molecule has 0 aliphatic carbocycles. The number of rotatable bonds is 39. The first-order valence-electron chi connectivity index (χ1n) is 21.3. The quantitative estimate of drug-likeness (QED) is 0.0381. The molecule has 288 valence electrons. The Kier molecular flexibility index (Phi) is 37.0. The van der Waals surface area contributed by atoms with Gasteiger partial charge in [0.05, 0.1) is 19.1 Å². The predicted molar refractivity (Wildman–Crippen MR) is 205 cm³/mol. The van der Waals surface area contributed by atoms with Gasteiger partial charge in [0, 0.05) is 19.1 Å². The van der Waals surface area contributed by atoms with Crippen molar-refractivity contribution in [2.75, 3.05) is 39.5 Å². The van der Waals surface area contributed by atoms with Gasteiger partial charge in [0.25, 0.3) is 0 Å². The molecule has 0 aliphatic rings. The molecule has 0 spiro atoms. The van der Waals surface area contributed by atoms with Gasteiger partial charge in [-0.05, 0) is 64.5 Å². The van der Waals surface area contributed by atoms with Crippen molar-refractivity contribution in [3.05, 3.63) is 0 Å². The Hall–Kier alpha value is -0.690. The Bertz CT molecular complexity index is 648. The van der Waals surface area contributed by atoms with Gasteiger partial charge in [0.15, 0.2) is 6.29 Å². The second-order valence-corrected chi connectivity index (χ2v) is 14.7. The molecule has 6 heteroatoms. The molecular weight excluding hydrogens is 598 g/mol. The summed E-state index contributed by atoms with van der Waals surface area (Å²) < 4.78 is 11.8. The first-order chi connectivity index (χ1) is 23.5. The van der Waals surface area contributed by atoms with Gasteiger partial charge in [-0.1, -0.05) is 156 Å². The third-order valence-corrected chi connectivity index (χ3v) is 10.1. The van der Waals surface area contributed by atoms with Crippen molar-refractivity contribution in [2.45, 2.75) is 214 Å². The maximum atomic E-state index is 12.9. The predicted octanol–water partition coefficient (Wildman–Crippen LogP) is 11.4. The zero-order chi connectivity index (χ0) is 35.3. The number of unbranched alkanes of at least 4 members (excludes halogenated alkanes) is 18. The topological polar surface area (TPSA) is 79.2 Å². The fraction of sp³-hybridized carbons (Fsp3) is 0.976. The zero-order valence-corrected chi connectivity index (χ0v) is 32.8. The molecule has 0 aromatic heterocycles. The smallest absolute Gasteiger partial charge is 0.308 e. The SMILES string of the molecule is CCCCCCCCC(CCCCCC)C(=O)OCCCCN(CCO)CCCCOC(O)C(CCCCCC)CCCCCCCC. The lowest BCUT2D eigenvalue weighted by atomic mass is 9.93. The van der Waals surface area contributed by atoms with Crippen LogP contribution in [0.3, 0.4) is 0 Å². The van der Waals surface area contributed by atoms with Gasteiger partial charge in [-0.25, -0.2) is 0 Å². The van der Waals surface area contributed by atoms with Crippen LogP contribution in [0.15, 0.2) is 0 Å². The van der Waals surface area contributed by atoms with Gasteiger partial charge in [-0.2, -0.15) is 0 Å². The third kappa shape index (κ3) is 30.2. The zero-order valence-electron chi connectivity index (χ0n) is 32.8. The van der Waals surface area contributed by atoms with Gasteiger partial charge < -0.3 is 24.6 Å². The van der Waals surface area contributed by atoms with Crippen molar-refractivity contribution in [1.82, 2.24) is 4.90 Å². The first-order valence-corrected chi connectivity index (χ1v) is 21.3. The van der Waals surface area contributed by atoms with Crippen molar-refractivity contribution in [1.29, 1.82) is 0 Å². The molecule has 2 N–H and O–H groups in total. The van der Waals surface area contributed by atoms with E-state index in [0.717, 1.165) is 77.3 Å². The van der Waals surface area contributed by atoms with Gasteiger partial charge in [0.1, 0.15) is 0 Å². The molecule has 0 aromatic carbocycles. The fourth-order valence-electron chi connectivity index (χ4n) is 6.80. The normalized spacial score (nSPS) is 13.6. The number of carbonyl (C=O) groups is 1. The Balaban J connectivity index is 4.39. The summed E-state index contributed by atoms with van der Waals surface area (Å²) in [6, 6.07) is 0. The van der Waals surface area contributed by atoms with Gasteiger partial charge in [-0.15, -0.1) is 0 Å². The summed E-state index contributed by atoms with van der Waals surface area (Å²) in [5, 5.41) is 20.5. The van der Waals surface area contributed by atoms with E-state index >= 15 is 0 Å². The first kappa shape index (κ1) is 47.3. The average Bonchev–Trinajstić information content (AvgIpc) is 3.08. The van der Waals surface area contributed by atoms with Crippen LogP contribution < -0.4 is 0 Å². The maximum absolute atomic E-state index is 12.9. The number of nitrogens with zero attached hydrogens (tertiary/aromatic N) is 1. The molecule has 3 unspecified atom stereocenters. The van der Waals surface area contributed by atoms with Crippen LogP contribution in [0, 0.1) is 11.8 Å². The second-order valence-electron chi connectivity index (χ2n) is 14.7. The number of hydrogen-bond donors (Lipinski definition) is 2. The van der Waals surface area contributed by atoms with Crippen LogP contribution in [0.4, 0.5) is 0 Å². The minimum absolute atomic E-state index is 0.0182. The number of carbonyl (C=O) groups excluding carboxylic acids is 1. The molecule has 0 saturated heterocycles. The standard InChI is InChI=1S/C42H85NO5/c1-5-9-13-17-19-23-31-39(29-21-15-11-7-3)41(45)47-37-27-25-33-43(35-36-44)34-26-28-38-48-42(46)40(30-22-16-12-8-4)32-24-20-18-14-10-6-2/h39-41,44-45H,5-38H2,1-4H3. The molecule has 0 amide bonds. The van der Waals surface area contributed by atoms with Crippen LogP contribution in [-0.2, 0) is 14.3 Å². The largest absolute Gasteiger partial charge is 0.465 e. The monoisotopic (exact) mass is 684 g/mol. The lowest BCUT2D eigenvalue weighted by molar-refractivity contribution is -0.149. The highest BCUT2D eigenvalue weighted by Gasteiger charge is 2.20. The summed E-state index contributed by atoms with van der Waals surface area (Å²) in [5.74, 6) is 0.330. The van der Waals surface area contributed by atoms with E-state index in [2.05, 4.69) is 32.6 Å². The molecule has 0 aromatic rings. The Labute approximate surface area is 299 Å². The van der Waals surface area contributed by atoms with Gasteiger partial charge in [-0.3, -0.25) is 4.79 Å². The van der Waals surface area contributed by atoms with E-state index in [1.807, 2.05) is 0 Å². The highest BCUT2D eigenvalue weighted by molar-refractivity contribution is 5.72. The minimum Gasteiger partial charge on any atom is -0.465 e. The highest BCUT2D eigenvalue weighted by atomic mass is 16.6. The van der Waals surface area contributed by atoms with Gasteiger partial charge in [0.2, 0.25) is 0 Å². The van der Waals surface area contributed by atoms with Crippen molar-refractivity contribution in [2.24, 2.45) is 11.8 Å². The number of aliphatic hydroxyl groups is 2. The van der Waals surface area contributed by atoms with E-state index in [-0.39, 0.29) is 24.4 Å². The van der Waals surface area contributed by atoms with Crippen molar-refractivity contribution in [3.63, 3.8) is 0 Å². The molecule has 48 heavy (non-hydrogen) atoms. The summed E-state index contributed by atoms with van der Waals surface area (Å²) >= 11 is 0. The second kappa shape index (κ2) is 37.6. The van der Waals surface area contributed by atoms with Crippen LogP contribution in [0.1, 0.15) is 207 Å². The van der Waals surface area contributed by atoms with Crippen LogP contribution in [0.5, 0.6) is 0 Å². The third-order valence-electron chi connectivity index (χ3n) is 10.1. The van der Waals surface area contributed by atoms with Crippen molar-refractivity contribution < 1.29 is 24.5 Å². The number of hydrogen-bond acceptors (Lipinski definition) is 6. The summed E-state index contributed by atoms with van der Waals surface area (Å²) in [5.41, 5.74) is 0. The molecule has 0 heterocycles. The molecule has 0 bridgehead atoms. The molecular formula is C42H85NO5. The summed E-state index contributed by atoms with van der Waals surface area (Å²) in [6.07, 6.45) is 32.1. The molecule has 0 rings (SSSR count). The van der Waals surface area contributed by atoms with E-state index in [1.165, 1.54) is 116 Å². The number of aliphatic hydroxyl groups excluding tert-OH is 2. The average molecular weight is 684 g/mol. The highest BCUT2D eigenvalue weighted by Crippen LogP contribution is 2.24. The summed E-state index contributed by atoms with van der Waals surface area (Å²) in [6.45, 7) is 12.7. The number of ether oxygens (including phenoxy) is 2. The summed E-state index contributed by atoms with van der Waals surface area (Å²) in [4.78, 5) is 15.3. The lowest BCUT2D eigenvalue weighted by Gasteiger charge is -2.24. The van der Waals surface area contributed by atoms with Crippen LogP contribution >= 0.6 is 0 Å². The van der Waals surface area contributed by atoms with E-state index in [9.17, 15) is 15.0 Å². The molecule has 0 radical (unpaired) electrons. The van der Waals surface area contributed by atoms with Crippen molar-refractivity contribution >= 4 is 5.97 Å². The molecule has 0 saturated carbocycles. The Morgan fingerprint density at radius 3 is 1.42 bits per heavy atom. The molecule has 0 aliphatic heterocycles. The van der Waals surface area contributed by atoms with E-state index < -0.39 is 6.29 Å². The van der Waals surface area contributed by atoms with E-state index in [0.29, 0.717) is 19.8 Å². The van der Waals surface area contributed by atoms with Crippen molar-refractivity contribution in [3.8, 4) is 0 Å². The van der Waals surface area contributed by atoms with Crippen LogP contribution in [0.2, 0.25) is 0 Å². The fourth-order valence-corrected chi connectivity index (χ4v) is 6.80. The lowest BCUT2D eigenvalue weighted by Crippen LogP contribution is -2.30. The molecule has 3 atom stereocenters. The Morgan fingerprint density at radius 2 is 0.938 bits per heavy atom. The van der Waals surface area contributed by atoms with E-state index in [4.69, 9.17) is 9.47 Å². The van der Waals surface area contributed by atoms with Crippen LogP contribution in [-0.4, -0.2) is 66.8 Å². The maximum Gasteiger partial charge on any atom is 0.308 e.